The number of ether oxygens (including phenoxy) is 1. The monoisotopic (exact) mass is 227 g/mol. The highest BCUT2D eigenvalue weighted by molar-refractivity contribution is 5.76. The van der Waals surface area contributed by atoms with Crippen LogP contribution in [0.15, 0.2) is 0 Å². The number of esters is 1. The standard InChI is InChI=1S/C13H25NO2/c1-2-3-4-5-6-7-11-16-13(15)12-9-8-10-14-12/h12,14H,2-11H2,1H3/t12-/m1/s1. The Labute approximate surface area is 98.9 Å². The van der Waals surface area contributed by atoms with E-state index in [1.165, 1.54) is 32.1 Å². The van der Waals surface area contributed by atoms with Crippen LogP contribution in [0.2, 0.25) is 0 Å². The minimum absolute atomic E-state index is 0.0277. The highest BCUT2D eigenvalue weighted by atomic mass is 16.5. The second-order valence-electron chi connectivity index (χ2n) is 4.58. The van der Waals surface area contributed by atoms with Crippen LogP contribution in [0.25, 0.3) is 0 Å². The molecule has 1 aliphatic rings. The molecule has 0 radical (unpaired) electrons. The van der Waals surface area contributed by atoms with Crippen molar-refractivity contribution in [2.45, 2.75) is 64.3 Å². The van der Waals surface area contributed by atoms with E-state index in [2.05, 4.69) is 12.2 Å². The summed E-state index contributed by atoms with van der Waals surface area (Å²) in [5.74, 6) is -0.0499. The van der Waals surface area contributed by atoms with Gasteiger partial charge in [0.1, 0.15) is 6.04 Å². The molecule has 1 saturated heterocycles. The molecule has 0 aliphatic carbocycles. The summed E-state index contributed by atoms with van der Waals surface area (Å²) in [5.41, 5.74) is 0. The third kappa shape index (κ3) is 5.50. The fraction of sp³-hybridized carbons (Fsp3) is 0.923. The van der Waals surface area contributed by atoms with Crippen molar-refractivity contribution in [3.05, 3.63) is 0 Å². The lowest BCUT2D eigenvalue weighted by atomic mass is 10.1. The van der Waals surface area contributed by atoms with Gasteiger partial charge >= 0.3 is 5.97 Å². The van der Waals surface area contributed by atoms with Gasteiger partial charge in [0.25, 0.3) is 0 Å². The van der Waals surface area contributed by atoms with Gasteiger partial charge in [-0.15, -0.1) is 0 Å². The van der Waals surface area contributed by atoms with Gasteiger partial charge in [-0.1, -0.05) is 39.0 Å². The molecule has 0 aromatic carbocycles. The lowest BCUT2D eigenvalue weighted by Gasteiger charge is -2.09. The van der Waals surface area contributed by atoms with Gasteiger partial charge in [0.2, 0.25) is 0 Å². The van der Waals surface area contributed by atoms with E-state index in [4.69, 9.17) is 4.74 Å². The van der Waals surface area contributed by atoms with Crippen molar-refractivity contribution in [3.63, 3.8) is 0 Å². The number of nitrogens with one attached hydrogen (secondary N) is 1. The van der Waals surface area contributed by atoms with Crippen molar-refractivity contribution in [1.82, 2.24) is 5.32 Å². The van der Waals surface area contributed by atoms with Gasteiger partial charge in [0.05, 0.1) is 6.61 Å². The maximum absolute atomic E-state index is 11.5. The molecule has 0 spiro atoms. The van der Waals surface area contributed by atoms with Crippen LogP contribution in [0.4, 0.5) is 0 Å². The largest absolute Gasteiger partial charge is 0.465 e. The molecular formula is C13H25NO2. The Balaban J connectivity index is 1.88. The molecule has 94 valence electrons. The van der Waals surface area contributed by atoms with E-state index in [-0.39, 0.29) is 12.0 Å². The smallest absolute Gasteiger partial charge is 0.323 e. The van der Waals surface area contributed by atoms with Crippen LogP contribution in [-0.2, 0) is 9.53 Å². The molecule has 1 heterocycles. The number of unbranched alkanes of at least 4 members (excludes halogenated alkanes) is 5. The van der Waals surface area contributed by atoms with Gasteiger partial charge in [-0.2, -0.15) is 0 Å². The van der Waals surface area contributed by atoms with E-state index >= 15 is 0 Å². The molecular weight excluding hydrogens is 202 g/mol. The molecule has 0 unspecified atom stereocenters. The van der Waals surface area contributed by atoms with Crippen LogP contribution in [0.5, 0.6) is 0 Å². The second kappa shape index (κ2) is 8.57. The first-order valence-electron chi connectivity index (χ1n) is 6.74. The predicted octanol–water partition coefficient (Wildman–Crippen LogP) is 2.64. The van der Waals surface area contributed by atoms with Crippen molar-refractivity contribution in [3.8, 4) is 0 Å². The summed E-state index contributed by atoms with van der Waals surface area (Å²) < 4.78 is 5.23. The SMILES string of the molecule is CCCCCCCCOC(=O)[C@H]1CCCN1. The molecule has 1 N–H and O–H groups in total. The Hall–Kier alpha value is -0.570. The molecule has 0 saturated carbocycles. The number of carbonyl (C=O) groups is 1. The van der Waals surface area contributed by atoms with Crippen molar-refractivity contribution >= 4 is 5.97 Å². The summed E-state index contributed by atoms with van der Waals surface area (Å²) in [6.45, 7) is 3.77. The fourth-order valence-corrected chi connectivity index (χ4v) is 2.04. The van der Waals surface area contributed by atoms with Crippen LogP contribution in [0.1, 0.15) is 58.3 Å². The molecule has 1 aliphatic heterocycles. The van der Waals surface area contributed by atoms with Crippen LogP contribution < -0.4 is 5.32 Å². The number of rotatable bonds is 8. The lowest BCUT2D eigenvalue weighted by Crippen LogP contribution is -2.32. The summed E-state index contributed by atoms with van der Waals surface area (Å²) in [7, 11) is 0. The van der Waals surface area contributed by atoms with E-state index in [1.54, 1.807) is 0 Å². The number of hydrogen-bond acceptors (Lipinski definition) is 3. The molecule has 1 rings (SSSR count). The normalized spacial score (nSPS) is 19.9. The molecule has 1 fully saturated rings. The van der Waals surface area contributed by atoms with Crippen LogP contribution in [0.3, 0.4) is 0 Å². The van der Waals surface area contributed by atoms with E-state index in [0.717, 1.165) is 25.8 Å². The van der Waals surface area contributed by atoms with Gasteiger partial charge in [-0.25, -0.2) is 0 Å². The molecule has 16 heavy (non-hydrogen) atoms. The van der Waals surface area contributed by atoms with Crippen molar-refractivity contribution in [2.24, 2.45) is 0 Å². The van der Waals surface area contributed by atoms with E-state index in [0.29, 0.717) is 6.61 Å². The van der Waals surface area contributed by atoms with Crippen LogP contribution in [0, 0.1) is 0 Å². The van der Waals surface area contributed by atoms with E-state index in [1.807, 2.05) is 0 Å². The van der Waals surface area contributed by atoms with Gasteiger partial charge in [0.15, 0.2) is 0 Å². The maximum Gasteiger partial charge on any atom is 0.323 e. The quantitative estimate of drug-likeness (QED) is 0.512. The topological polar surface area (TPSA) is 38.3 Å². The van der Waals surface area contributed by atoms with E-state index in [9.17, 15) is 4.79 Å². The van der Waals surface area contributed by atoms with Crippen molar-refractivity contribution < 1.29 is 9.53 Å². The summed E-state index contributed by atoms with van der Waals surface area (Å²) in [5, 5.41) is 3.15. The summed E-state index contributed by atoms with van der Waals surface area (Å²) in [6, 6.07) is -0.0277. The maximum atomic E-state index is 11.5. The Morgan fingerprint density at radius 3 is 2.69 bits per heavy atom. The first-order valence-corrected chi connectivity index (χ1v) is 6.74. The molecule has 0 amide bonds. The Kier molecular flexibility index (Phi) is 7.23. The van der Waals surface area contributed by atoms with E-state index < -0.39 is 0 Å². The summed E-state index contributed by atoms with van der Waals surface area (Å²) in [4.78, 5) is 11.5. The highest BCUT2D eigenvalue weighted by Gasteiger charge is 2.22. The minimum Gasteiger partial charge on any atom is -0.465 e. The Bertz CT molecular complexity index is 188. The lowest BCUT2D eigenvalue weighted by molar-refractivity contribution is -0.145. The zero-order valence-electron chi connectivity index (χ0n) is 10.5. The average Bonchev–Trinajstić information content (AvgIpc) is 2.81. The summed E-state index contributed by atoms with van der Waals surface area (Å²) >= 11 is 0. The van der Waals surface area contributed by atoms with Crippen LogP contribution in [-0.4, -0.2) is 25.2 Å². The highest BCUT2D eigenvalue weighted by Crippen LogP contribution is 2.08. The van der Waals surface area contributed by atoms with Gasteiger partial charge in [-0.05, 0) is 25.8 Å². The molecule has 3 heteroatoms. The van der Waals surface area contributed by atoms with Gasteiger partial charge < -0.3 is 10.1 Å². The Morgan fingerprint density at radius 1 is 1.25 bits per heavy atom. The zero-order chi connectivity index (χ0) is 11.6. The molecule has 0 bridgehead atoms. The predicted molar refractivity (Wildman–Crippen MR) is 65.4 cm³/mol. The first-order chi connectivity index (χ1) is 7.84. The molecule has 0 aromatic heterocycles. The Morgan fingerprint density at radius 2 is 2.00 bits per heavy atom. The third-order valence-corrected chi connectivity index (χ3v) is 3.09. The van der Waals surface area contributed by atoms with Gasteiger partial charge in [0, 0.05) is 0 Å². The van der Waals surface area contributed by atoms with Crippen molar-refractivity contribution in [2.75, 3.05) is 13.2 Å². The molecule has 0 aromatic rings. The minimum atomic E-state index is -0.0499. The zero-order valence-corrected chi connectivity index (χ0v) is 10.5. The number of hydrogen-bond donors (Lipinski definition) is 1. The van der Waals surface area contributed by atoms with Gasteiger partial charge in [-0.3, -0.25) is 4.79 Å². The van der Waals surface area contributed by atoms with Crippen molar-refractivity contribution in [1.29, 1.82) is 0 Å². The summed E-state index contributed by atoms with van der Waals surface area (Å²) in [6.07, 6.45) is 9.43. The second-order valence-corrected chi connectivity index (χ2v) is 4.58. The average molecular weight is 227 g/mol. The molecule has 3 nitrogen and oxygen atoms in total. The van der Waals surface area contributed by atoms with Crippen LogP contribution >= 0.6 is 0 Å². The fourth-order valence-electron chi connectivity index (χ4n) is 2.04. The molecule has 1 atom stereocenters. The first kappa shape index (κ1) is 13.5. The third-order valence-electron chi connectivity index (χ3n) is 3.09. The number of carbonyl (C=O) groups excluding carboxylic acids is 1.